The maximum atomic E-state index is 11.5. The fraction of sp³-hybridized carbons (Fsp3) is 0.400. The molecule has 3 rings (SSSR count). The Morgan fingerprint density at radius 3 is 2.23 bits per heavy atom. The summed E-state index contributed by atoms with van der Waals surface area (Å²) >= 11 is 0. The number of ether oxygens (including phenoxy) is 1. The van der Waals surface area contributed by atoms with Crippen molar-refractivity contribution in [2.45, 2.75) is 31.1 Å². The number of nitrogens with two attached hydrogens (primary N) is 1. The van der Waals surface area contributed by atoms with E-state index in [0.717, 1.165) is 16.7 Å². The summed E-state index contributed by atoms with van der Waals surface area (Å²) in [5, 5.41) is 15.7. The van der Waals surface area contributed by atoms with Crippen LogP contribution in [-0.4, -0.2) is 32.0 Å². The third-order valence-corrected chi connectivity index (χ3v) is 6.58. The predicted molar refractivity (Wildman–Crippen MR) is 102 cm³/mol. The summed E-state index contributed by atoms with van der Waals surface area (Å²) in [6.45, 7) is 4.08. The van der Waals surface area contributed by atoms with Gasteiger partial charge in [0.05, 0.1) is 18.5 Å². The van der Waals surface area contributed by atoms with E-state index in [9.17, 15) is 13.5 Å². The van der Waals surface area contributed by atoms with Crippen LogP contribution in [0.25, 0.3) is 11.1 Å². The van der Waals surface area contributed by atoms with Crippen LogP contribution in [0.1, 0.15) is 24.5 Å². The van der Waals surface area contributed by atoms with Gasteiger partial charge >= 0.3 is 0 Å². The monoisotopic (exact) mass is 375 g/mol. The minimum absolute atomic E-state index is 0.152. The molecule has 3 atom stereocenters. The first-order chi connectivity index (χ1) is 12.2. The molecule has 1 heterocycles. The first-order valence-electron chi connectivity index (χ1n) is 8.69. The van der Waals surface area contributed by atoms with Gasteiger partial charge < -0.3 is 9.84 Å². The highest BCUT2D eigenvalue weighted by molar-refractivity contribution is 7.89. The van der Waals surface area contributed by atoms with Crippen LogP contribution in [0.5, 0.6) is 0 Å². The van der Waals surface area contributed by atoms with E-state index < -0.39 is 20.9 Å². The molecule has 2 aromatic rings. The van der Waals surface area contributed by atoms with Gasteiger partial charge in [-0.3, -0.25) is 0 Å². The van der Waals surface area contributed by atoms with Gasteiger partial charge in [0.15, 0.2) is 0 Å². The molecule has 5 nitrogen and oxygen atoms in total. The highest BCUT2D eigenvalue weighted by atomic mass is 32.2. The summed E-state index contributed by atoms with van der Waals surface area (Å²) in [7, 11) is -3.64. The fourth-order valence-electron chi connectivity index (χ4n) is 3.43. The molecular formula is C20H25NO4S. The zero-order valence-electron chi connectivity index (χ0n) is 15.1. The Labute approximate surface area is 154 Å². The smallest absolute Gasteiger partial charge is 0.211 e. The Morgan fingerprint density at radius 2 is 1.69 bits per heavy atom. The number of hydrogen-bond acceptors (Lipinski definition) is 4. The number of primary sulfonamides is 1. The van der Waals surface area contributed by atoms with Crippen molar-refractivity contribution in [2.75, 3.05) is 13.2 Å². The summed E-state index contributed by atoms with van der Waals surface area (Å²) in [6.07, 6.45) is 0.259. The zero-order valence-corrected chi connectivity index (χ0v) is 15.9. The molecule has 26 heavy (non-hydrogen) atoms. The van der Waals surface area contributed by atoms with Gasteiger partial charge in [-0.2, -0.15) is 0 Å². The minimum atomic E-state index is -3.64. The number of rotatable bonds is 5. The SMILES string of the molecule is Cc1ccc(-c2ccc(C3(O)COCC3CC(C)S(N)(=O)=O)cc2)cc1. The third-order valence-electron chi connectivity index (χ3n) is 5.26. The van der Waals surface area contributed by atoms with E-state index in [1.165, 1.54) is 5.56 Å². The van der Waals surface area contributed by atoms with Crippen LogP contribution in [0.15, 0.2) is 48.5 Å². The second kappa shape index (κ2) is 7.12. The third kappa shape index (κ3) is 3.83. The average Bonchev–Trinajstić information content (AvgIpc) is 2.97. The largest absolute Gasteiger partial charge is 0.382 e. The van der Waals surface area contributed by atoms with Crippen LogP contribution >= 0.6 is 0 Å². The maximum Gasteiger partial charge on any atom is 0.211 e. The van der Waals surface area contributed by atoms with Crippen LogP contribution in [0.3, 0.4) is 0 Å². The first kappa shape index (κ1) is 19.0. The van der Waals surface area contributed by atoms with Crippen LogP contribution in [0.4, 0.5) is 0 Å². The lowest BCUT2D eigenvalue weighted by molar-refractivity contribution is -0.00577. The molecule has 0 saturated carbocycles. The lowest BCUT2D eigenvalue weighted by Crippen LogP contribution is -2.38. The van der Waals surface area contributed by atoms with Crippen LogP contribution in [-0.2, 0) is 20.4 Å². The van der Waals surface area contributed by atoms with Gasteiger partial charge in [0.2, 0.25) is 10.0 Å². The number of aryl methyl sites for hydroxylation is 1. The molecule has 0 bridgehead atoms. The molecule has 0 aromatic heterocycles. The van der Waals surface area contributed by atoms with E-state index >= 15 is 0 Å². The molecule has 1 aliphatic rings. The number of sulfonamides is 1. The molecule has 3 N–H and O–H groups in total. The normalized spacial score (nSPS) is 24.5. The summed E-state index contributed by atoms with van der Waals surface area (Å²) in [6, 6.07) is 16.0. The molecule has 0 aliphatic carbocycles. The van der Waals surface area contributed by atoms with Crippen molar-refractivity contribution in [3.63, 3.8) is 0 Å². The van der Waals surface area contributed by atoms with Gasteiger partial charge in [-0.15, -0.1) is 0 Å². The molecule has 0 radical (unpaired) electrons. The predicted octanol–water partition coefficient (Wildman–Crippen LogP) is 2.56. The zero-order chi connectivity index (χ0) is 18.9. The summed E-state index contributed by atoms with van der Waals surface area (Å²) in [5.41, 5.74) is 2.90. The van der Waals surface area contributed by atoms with Gasteiger partial charge in [-0.1, -0.05) is 54.1 Å². The molecule has 1 fully saturated rings. The lowest BCUT2D eigenvalue weighted by Gasteiger charge is -2.30. The summed E-state index contributed by atoms with van der Waals surface area (Å²) in [5.74, 6) is -0.318. The van der Waals surface area contributed by atoms with E-state index in [1.54, 1.807) is 6.92 Å². The van der Waals surface area contributed by atoms with Crippen LogP contribution in [0, 0.1) is 12.8 Å². The maximum absolute atomic E-state index is 11.5. The van der Waals surface area contributed by atoms with Crippen molar-refractivity contribution in [3.8, 4) is 11.1 Å². The minimum Gasteiger partial charge on any atom is -0.382 e. The number of aliphatic hydroxyl groups is 1. The summed E-state index contributed by atoms with van der Waals surface area (Å²) < 4.78 is 28.6. The van der Waals surface area contributed by atoms with E-state index in [0.29, 0.717) is 6.61 Å². The second-order valence-corrected chi connectivity index (χ2v) is 9.20. The van der Waals surface area contributed by atoms with E-state index in [-0.39, 0.29) is 18.9 Å². The molecule has 0 amide bonds. The highest BCUT2D eigenvalue weighted by Crippen LogP contribution is 2.39. The molecule has 2 aromatic carbocycles. The molecule has 140 valence electrons. The highest BCUT2D eigenvalue weighted by Gasteiger charge is 2.45. The topological polar surface area (TPSA) is 89.6 Å². The van der Waals surface area contributed by atoms with E-state index in [2.05, 4.69) is 24.3 Å². The standard InChI is InChI=1S/C20H25NO4S/c1-14-3-5-16(6-4-14)17-7-9-18(10-8-17)20(22)13-25-12-19(20)11-15(2)26(21,23)24/h3-10,15,19,22H,11-13H2,1-2H3,(H2,21,23,24). The molecule has 0 spiro atoms. The first-order valence-corrected chi connectivity index (χ1v) is 10.3. The second-order valence-electron chi connectivity index (χ2n) is 7.22. The van der Waals surface area contributed by atoms with Crippen molar-refractivity contribution in [3.05, 3.63) is 59.7 Å². The van der Waals surface area contributed by atoms with Crippen molar-refractivity contribution in [1.29, 1.82) is 0 Å². The van der Waals surface area contributed by atoms with Crippen molar-refractivity contribution < 1.29 is 18.3 Å². The van der Waals surface area contributed by atoms with Crippen LogP contribution in [0.2, 0.25) is 0 Å². The fourth-order valence-corrected chi connectivity index (χ4v) is 3.93. The van der Waals surface area contributed by atoms with Gasteiger partial charge in [-0.05, 0) is 37.0 Å². The van der Waals surface area contributed by atoms with Gasteiger partial charge in [0, 0.05) is 5.92 Å². The average molecular weight is 375 g/mol. The summed E-state index contributed by atoms with van der Waals surface area (Å²) in [4.78, 5) is 0. The van der Waals surface area contributed by atoms with Crippen LogP contribution < -0.4 is 5.14 Å². The van der Waals surface area contributed by atoms with E-state index in [4.69, 9.17) is 9.88 Å². The Hall–Kier alpha value is -1.73. The Kier molecular flexibility index (Phi) is 5.21. The lowest BCUT2D eigenvalue weighted by atomic mass is 9.81. The quantitative estimate of drug-likeness (QED) is 0.840. The van der Waals surface area contributed by atoms with Gasteiger partial charge in [0.25, 0.3) is 0 Å². The van der Waals surface area contributed by atoms with Crippen molar-refractivity contribution in [2.24, 2.45) is 11.1 Å². The Morgan fingerprint density at radius 1 is 1.15 bits per heavy atom. The molecular weight excluding hydrogens is 350 g/mol. The van der Waals surface area contributed by atoms with Gasteiger partial charge in [0.1, 0.15) is 5.60 Å². The van der Waals surface area contributed by atoms with Crippen molar-refractivity contribution in [1.82, 2.24) is 0 Å². The molecule has 6 heteroatoms. The van der Waals surface area contributed by atoms with E-state index in [1.807, 2.05) is 31.2 Å². The van der Waals surface area contributed by atoms with Gasteiger partial charge in [-0.25, -0.2) is 13.6 Å². The Balaban J connectivity index is 1.83. The Bertz CT molecular complexity index is 862. The number of benzene rings is 2. The molecule has 1 aliphatic heterocycles. The molecule has 1 saturated heterocycles. The molecule has 3 unspecified atom stereocenters. The number of hydrogen-bond donors (Lipinski definition) is 2. The van der Waals surface area contributed by atoms with Crippen molar-refractivity contribution >= 4 is 10.0 Å².